The molecule has 0 aromatic carbocycles. The fraction of sp³-hybridized carbons (Fsp3) is 0.857. The third-order valence-electron chi connectivity index (χ3n) is 1.42. The minimum absolute atomic E-state index is 0.177. The molecular formula is C7H15NO. The lowest BCUT2D eigenvalue weighted by Crippen LogP contribution is -2.10. The average molecular weight is 129 g/mol. The minimum Gasteiger partial charge on any atom is -0.399 e. The average Bonchev–Trinajstić information content (AvgIpc) is 1.84. The summed E-state index contributed by atoms with van der Waals surface area (Å²) in [6.45, 7) is 6.37. The fourth-order valence-corrected chi connectivity index (χ4v) is 0.287. The summed E-state index contributed by atoms with van der Waals surface area (Å²) in [5, 5.41) is 3.69. The molecule has 0 rings (SSSR count). The van der Waals surface area contributed by atoms with Gasteiger partial charge in [-0.1, -0.05) is 25.9 Å². The van der Waals surface area contributed by atoms with Gasteiger partial charge in [-0.25, -0.2) is 0 Å². The lowest BCUT2D eigenvalue weighted by atomic mass is 9.92. The van der Waals surface area contributed by atoms with Crippen molar-refractivity contribution in [2.75, 3.05) is 7.11 Å². The Morgan fingerprint density at radius 2 is 2.11 bits per heavy atom. The van der Waals surface area contributed by atoms with Gasteiger partial charge < -0.3 is 4.84 Å². The highest BCUT2D eigenvalue weighted by Gasteiger charge is 2.10. The monoisotopic (exact) mass is 129 g/mol. The van der Waals surface area contributed by atoms with Crippen molar-refractivity contribution in [2.45, 2.75) is 27.2 Å². The lowest BCUT2D eigenvalue weighted by Gasteiger charge is -2.14. The van der Waals surface area contributed by atoms with Gasteiger partial charge in [0.15, 0.2) is 0 Å². The van der Waals surface area contributed by atoms with Crippen LogP contribution in [0.15, 0.2) is 5.16 Å². The fourth-order valence-electron chi connectivity index (χ4n) is 0.287. The van der Waals surface area contributed by atoms with Gasteiger partial charge >= 0.3 is 0 Å². The molecule has 0 amide bonds. The Kier molecular flexibility index (Phi) is 3.28. The predicted molar refractivity (Wildman–Crippen MR) is 39.6 cm³/mol. The van der Waals surface area contributed by atoms with E-state index in [4.69, 9.17) is 0 Å². The molecule has 0 atom stereocenters. The molecule has 0 saturated carbocycles. The molecule has 2 heteroatoms. The van der Waals surface area contributed by atoms with Crippen molar-refractivity contribution < 1.29 is 4.84 Å². The maximum absolute atomic E-state index is 4.55. The first-order chi connectivity index (χ1) is 4.12. The number of hydrogen-bond acceptors (Lipinski definition) is 2. The molecule has 0 radical (unpaired) electrons. The van der Waals surface area contributed by atoms with Crippen LogP contribution in [-0.4, -0.2) is 13.3 Å². The quantitative estimate of drug-likeness (QED) is 0.422. The van der Waals surface area contributed by atoms with Crippen LogP contribution in [0.5, 0.6) is 0 Å². The maximum Gasteiger partial charge on any atom is 0.106 e. The first kappa shape index (κ1) is 8.47. The molecule has 9 heavy (non-hydrogen) atoms. The summed E-state index contributed by atoms with van der Waals surface area (Å²) in [6.07, 6.45) is 2.91. The molecule has 0 aliphatic carbocycles. The standard InChI is InChI=1S/C7H15NO/c1-5-7(2,3)6-8-9-4/h6H,5H2,1-4H3/b8-6+. The van der Waals surface area contributed by atoms with E-state index < -0.39 is 0 Å². The summed E-state index contributed by atoms with van der Waals surface area (Å²) in [5.41, 5.74) is 0.177. The van der Waals surface area contributed by atoms with E-state index >= 15 is 0 Å². The molecule has 54 valence electrons. The normalized spacial score (nSPS) is 12.4. The predicted octanol–water partition coefficient (Wildman–Crippen LogP) is 2.05. The zero-order valence-corrected chi connectivity index (χ0v) is 6.64. The van der Waals surface area contributed by atoms with Gasteiger partial charge in [0.25, 0.3) is 0 Å². The molecule has 2 nitrogen and oxygen atoms in total. The van der Waals surface area contributed by atoms with E-state index in [1.165, 1.54) is 0 Å². The number of rotatable bonds is 3. The molecule has 0 aromatic heterocycles. The largest absolute Gasteiger partial charge is 0.399 e. The summed E-state index contributed by atoms with van der Waals surface area (Å²) in [7, 11) is 1.56. The van der Waals surface area contributed by atoms with Gasteiger partial charge in [-0.15, -0.1) is 0 Å². The van der Waals surface area contributed by atoms with Gasteiger partial charge in [0.1, 0.15) is 7.11 Å². The van der Waals surface area contributed by atoms with E-state index in [1.807, 2.05) is 6.21 Å². The third-order valence-corrected chi connectivity index (χ3v) is 1.42. The molecule has 0 spiro atoms. The van der Waals surface area contributed by atoms with E-state index in [2.05, 4.69) is 30.8 Å². The highest BCUT2D eigenvalue weighted by Crippen LogP contribution is 2.15. The Balaban J connectivity index is 3.70. The first-order valence-electron chi connectivity index (χ1n) is 3.20. The van der Waals surface area contributed by atoms with Crippen LogP contribution in [0.4, 0.5) is 0 Å². The van der Waals surface area contributed by atoms with Crippen molar-refractivity contribution in [3.8, 4) is 0 Å². The molecule has 0 aliphatic heterocycles. The van der Waals surface area contributed by atoms with Crippen molar-refractivity contribution in [1.82, 2.24) is 0 Å². The van der Waals surface area contributed by atoms with Crippen LogP contribution in [0.1, 0.15) is 27.2 Å². The number of hydrogen-bond donors (Lipinski definition) is 0. The second kappa shape index (κ2) is 3.49. The second-order valence-electron chi connectivity index (χ2n) is 2.76. The third kappa shape index (κ3) is 4.01. The lowest BCUT2D eigenvalue weighted by molar-refractivity contribution is 0.211. The smallest absolute Gasteiger partial charge is 0.106 e. The molecule has 0 unspecified atom stereocenters. The van der Waals surface area contributed by atoms with E-state index in [9.17, 15) is 0 Å². The van der Waals surface area contributed by atoms with Gasteiger partial charge in [0, 0.05) is 11.6 Å². The molecule has 0 heterocycles. The second-order valence-corrected chi connectivity index (χ2v) is 2.76. The minimum atomic E-state index is 0.177. The van der Waals surface area contributed by atoms with Gasteiger partial charge in [-0.3, -0.25) is 0 Å². The van der Waals surface area contributed by atoms with Crippen LogP contribution < -0.4 is 0 Å². The maximum atomic E-state index is 4.55. The van der Waals surface area contributed by atoms with Crippen molar-refractivity contribution in [3.05, 3.63) is 0 Å². The molecule has 0 aliphatic rings. The van der Waals surface area contributed by atoms with Gasteiger partial charge in [-0.05, 0) is 6.42 Å². The van der Waals surface area contributed by atoms with Crippen LogP contribution in [-0.2, 0) is 4.84 Å². The number of oxime groups is 1. The van der Waals surface area contributed by atoms with Crippen LogP contribution in [0, 0.1) is 5.41 Å². The summed E-state index contributed by atoms with van der Waals surface area (Å²) in [5.74, 6) is 0. The summed E-state index contributed by atoms with van der Waals surface area (Å²) in [6, 6.07) is 0. The Labute approximate surface area is 56.9 Å². The Morgan fingerprint density at radius 1 is 1.56 bits per heavy atom. The number of nitrogens with zero attached hydrogens (tertiary/aromatic N) is 1. The van der Waals surface area contributed by atoms with Crippen molar-refractivity contribution >= 4 is 6.21 Å². The van der Waals surface area contributed by atoms with Gasteiger partial charge in [-0.2, -0.15) is 0 Å². The van der Waals surface area contributed by atoms with Crippen molar-refractivity contribution in [3.63, 3.8) is 0 Å². The van der Waals surface area contributed by atoms with Crippen LogP contribution >= 0.6 is 0 Å². The first-order valence-corrected chi connectivity index (χ1v) is 3.20. The molecule has 0 fully saturated rings. The van der Waals surface area contributed by atoms with Crippen LogP contribution in [0.25, 0.3) is 0 Å². The summed E-state index contributed by atoms with van der Waals surface area (Å²) < 4.78 is 0. The van der Waals surface area contributed by atoms with E-state index in [0.717, 1.165) is 6.42 Å². The van der Waals surface area contributed by atoms with Crippen molar-refractivity contribution in [1.29, 1.82) is 0 Å². The molecular weight excluding hydrogens is 114 g/mol. The van der Waals surface area contributed by atoms with Crippen LogP contribution in [0.3, 0.4) is 0 Å². The van der Waals surface area contributed by atoms with Gasteiger partial charge in [0.2, 0.25) is 0 Å². The van der Waals surface area contributed by atoms with E-state index in [1.54, 1.807) is 7.11 Å². The Hall–Kier alpha value is -0.530. The zero-order valence-electron chi connectivity index (χ0n) is 6.64. The van der Waals surface area contributed by atoms with Gasteiger partial charge in [0.05, 0.1) is 0 Å². The topological polar surface area (TPSA) is 21.6 Å². The van der Waals surface area contributed by atoms with E-state index in [0.29, 0.717) is 0 Å². The SMILES string of the molecule is CCC(C)(C)/C=N/OC. The Bertz CT molecular complexity index is 97.1. The molecule has 0 bridgehead atoms. The zero-order chi connectivity index (χ0) is 7.33. The van der Waals surface area contributed by atoms with E-state index in [-0.39, 0.29) is 5.41 Å². The van der Waals surface area contributed by atoms with Crippen molar-refractivity contribution in [2.24, 2.45) is 10.6 Å². The summed E-state index contributed by atoms with van der Waals surface area (Å²) in [4.78, 5) is 4.55. The highest BCUT2D eigenvalue weighted by atomic mass is 16.6. The molecule has 0 N–H and O–H groups in total. The highest BCUT2D eigenvalue weighted by molar-refractivity contribution is 5.63. The molecule has 0 saturated heterocycles. The van der Waals surface area contributed by atoms with Crippen LogP contribution in [0.2, 0.25) is 0 Å². The molecule has 0 aromatic rings. The Morgan fingerprint density at radius 3 is 2.44 bits per heavy atom. The summed E-state index contributed by atoms with van der Waals surface area (Å²) >= 11 is 0.